The number of alkyl carbamates (subject to hydrolysis) is 2. The molecule has 5 atom stereocenters. The summed E-state index contributed by atoms with van der Waals surface area (Å²) >= 11 is 0. The number of fused-ring (bicyclic) bond motifs is 6. The number of rotatable bonds is 11. The van der Waals surface area contributed by atoms with Gasteiger partial charge in [0.1, 0.15) is 46.6 Å². The van der Waals surface area contributed by atoms with Gasteiger partial charge in [-0.25, -0.2) is 23.9 Å². The molecule has 0 radical (unpaired) electrons. The van der Waals surface area contributed by atoms with E-state index < -0.39 is 36.3 Å². The van der Waals surface area contributed by atoms with Gasteiger partial charge in [0, 0.05) is 35.2 Å². The Labute approximate surface area is 417 Å². The molecule has 3 aromatic carbocycles. The van der Waals surface area contributed by atoms with Gasteiger partial charge in [0.2, 0.25) is 18.0 Å². The van der Waals surface area contributed by atoms with Crippen LogP contribution in [0.25, 0.3) is 44.7 Å². The summed E-state index contributed by atoms with van der Waals surface area (Å²) in [5.74, 6) is 1.18. The van der Waals surface area contributed by atoms with Crippen LogP contribution in [0.15, 0.2) is 67.0 Å². The Balaban J connectivity index is 0.989. The number of likely N-dealkylation sites (tertiary alicyclic amines) is 2. The zero-order valence-electron chi connectivity index (χ0n) is 41.9. The molecule has 18 heteroatoms. The van der Waals surface area contributed by atoms with Gasteiger partial charge < -0.3 is 53.9 Å². The molecule has 4 aliphatic rings. The molecule has 2 saturated heterocycles. The molecule has 0 saturated carbocycles. The van der Waals surface area contributed by atoms with Crippen LogP contribution in [0, 0.1) is 17.7 Å². The number of methoxy groups -OCH3 is 2. The SMILES string of the molecule is COC(=O)N[C@H](C(=O)N1CCC[C@H]1c1ncc(-c2cc(F)c3c(c2)OC(c2ccc4c(c2)CCC(C)(C)O4)n2c-3cc3cc(-c4cnc([C@@H]5CCCN5C(=O)[C@@H](NC(=O)OC)C(C)C)[nH]4)ccc32)[nH]1)C(C)C. The zero-order valence-corrected chi connectivity index (χ0v) is 41.9. The number of aromatic amines is 2. The fourth-order valence-electron chi connectivity index (χ4n) is 10.8. The van der Waals surface area contributed by atoms with E-state index >= 15 is 4.39 Å². The summed E-state index contributed by atoms with van der Waals surface area (Å²) in [6.07, 6.45) is 6.02. The molecule has 72 heavy (non-hydrogen) atoms. The van der Waals surface area contributed by atoms with Crippen molar-refractivity contribution in [1.29, 1.82) is 0 Å². The molecule has 7 heterocycles. The van der Waals surface area contributed by atoms with Crippen LogP contribution in [-0.2, 0) is 25.5 Å². The maximum Gasteiger partial charge on any atom is 0.407 e. The molecule has 2 fully saturated rings. The first-order valence-corrected chi connectivity index (χ1v) is 24.9. The van der Waals surface area contributed by atoms with Crippen molar-refractivity contribution < 1.29 is 42.5 Å². The van der Waals surface area contributed by atoms with E-state index in [1.165, 1.54) is 20.3 Å². The Morgan fingerprint density at radius 2 is 1.36 bits per heavy atom. The summed E-state index contributed by atoms with van der Waals surface area (Å²) in [5, 5.41) is 6.26. The van der Waals surface area contributed by atoms with Gasteiger partial charge in [0.25, 0.3) is 0 Å². The maximum absolute atomic E-state index is 17.1. The van der Waals surface area contributed by atoms with Crippen molar-refractivity contribution in [2.24, 2.45) is 11.8 Å². The molecule has 0 spiro atoms. The summed E-state index contributed by atoms with van der Waals surface area (Å²) < 4.78 is 42.1. The molecular formula is C54H62FN9O8. The molecule has 10 rings (SSSR count). The Morgan fingerprint density at radius 3 is 1.94 bits per heavy atom. The quantitative estimate of drug-likeness (QED) is 0.0971. The normalized spacial score (nSPS) is 19.8. The summed E-state index contributed by atoms with van der Waals surface area (Å²) in [7, 11) is 2.55. The highest BCUT2D eigenvalue weighted by Gasteiger charge is 2.40. The number of benzene rings is 3. The number of hydrogen-bond acceptors (Lipinski definition) is 10. The number of nitrogens with zero attached hydrogens (tertiary/aromatic N) is 5. The number of ether oxygens (including phenoxy) is 4. The molecule has 1 unspecified atom stereocenters. The Bertz CT molecular complexity index is 3080. The van der Waals surface area contributed by atoms with E-state index in [9.17, 15) is 19.2 Å². The van der Waals surface area contributed by atoms with Gasteiger partial charge in [0.15, 0.2) is 0 Å². The Kier molecular flexibility index (Phi) is 12.7. The highest BCUT2D eigenvalue weighted by Crippen LogP contribution is 2.48. The predicted molar refractivity (Wildman–Crippen MR) is 266 cm³/mol. The largest absolute Gasteiger partial charge is 0.488 e. The first kappa shape index (κ1) is 48.3. The average Bonchev–Trinajstić information content (AvgIpc) is 4.22. The first-order valence-electron chi connectivity index (χ1n) is 24.9. The smallest absolute Gasteiger partial charge is 0.407 e. The van der Waals surface area contributed by atoms with E-state index in [0.717, 1.165) is 64.7 Å². The standard InChI is InChI=1S/C54H62FN9O8/c1-28(2)45(60-52(67)69-7)49(65)62-19-9-11-39(62)47-56-26-36(58-47)30-13-15-38-34(21-30)24-41-44-35(55)23-33(25-43(44)71-51(64(38)41)32-14-16-42-31(22-32)17-18-54(5,6)72-42)37-27-57-48(59-37)40-12-10-20-63(40)50(66)46(29(3)4)61-53(68)70-8/h13-16,21-29,39-40,45-46,51H,9-12,17-20H2,1-8H3,(H,56,58)(H,57,59)(H,60,67)(H,61,68)/t39-,40-,45-,46-,51?/m0/s1. The van der Waals surface area contributed by atoms with Crippen LogP contribution in [0.3, 0.4) is 0 Å². The second kappa shape index (κ2) is 19.0. The third kappa shape index (κ3) is 8.88. The van der Waals surface area contributed by atoms with Crippen molar-refractivity contribution in [3.05, 3.63) is 95.6 Å². The van der Waals surface area contributed by atoms with Crippen molar-refractivity contribution in [2.45, 2.75) is 116 Å². The third-order valence-corrected chi connectivity index (χ3v) is 14.7. The Hall–Kier alpha value is -7.37. The van der Waals surface area contributed by atoms with Crippen LogP contribution < -0.4 is 20.1 Å². The minimum absolute atomic E-state index is 0.160. The summed E-state index contributed by atoms with van der Waals surface area (Å²) in [4.78, 5) is 72.0. The number of imidazole rings is 2. The fourth-order valence-corrected chi connectivity index (χ4v) is 10.8. The molecule has 6 aromatic rings. The highest BCUT2D eigenvalue weighted by molar-refractivity contribution is 5.93. The van der Waals surface area contributed by atoms with Crippen LogP contribution in [-0.4, -0.2) is 103 Å². The molecule has 3 aromatic heterocycles. The average molecular weight is 984 g/mol. The molecule has 4 N–H and O–H groups in total. The monoisotopic (exact) mass is 983 g/mol. The van der Waals surface area contributed by atoms with Crippen LogP contribution in [0.4, 0.5) is 14.0 Å². The van der Waals surface area contributed by atoms with Crippen molar-refractivity contribution in [3.63, 3.8) is 0 Å². The fraction of sp³-hybridized carbons (Fsp3) is 0.444. The number of aromatic nitrogens is 5. The minimum atomic E-state index is -0.781. The minimum Gasteiger partial charge on any atom is -0.488 e. The van der Waals surface area contributed by atoms with E-state index in [1.54, 1.807) is 22.2 Å². The zero-order chi connectivity index (χ0) is 50.7. The van der Waals surface area contributed by atoms with Gasteiger partial charge in [-0.05, 0) is 118 Å². The van der Waals surface area contributed by atoms with E-state index in [4.69, 9.17) is 28.9 Å². The van der Waals surface area contributed by atoms with Crippen LogP contribution in [0.5, 0.6) is 11.5 Å². The predicted octanol–water partition coefficient (Wildman–Crippen LogP) is 9.36. The lowest BCUT2D eigenvalue weighted by molar-refractivity contribution is -0.136. The molecule has 0 aliphatic carbocycles. The summed E-state index contributed by atoms with van der Waals surface area (Å²) in [6, 6.07) is 15.3. The van der Waals surface area contributed by atoms with Crippen LogP contribution >= 0.6 is 0 Å². The summed E-state index contributed by atoms with van der Waals surface area (Å²) in [6.45, 7) is 12.7. The molecular weight excluding hydrogens is 922 g/mol. The molecule has 4 amide bonds. The second-order valence-electron chi connectivity index (χ2n) is 20.7. The van der Waals surface area contributed by atoms with E-state index in [0.29, 0.717) is 65.8 Å². The summed E-state index contributed by atoms with van der Waals surface area (Å²) in [5.41, 5.74) is 6.15. The van der Waals surface area contributed by atoms with Gasteiger partial charge in [-0.2, -0.15) is 0 Å². The lowest BCUT2D eigenvalue weighted by atomic mass is 9.93. The number of aryl methyl sites for hydroxylation is 1. The van der Waals surface area contributed by atoms with Crippen molar-refractivity contribution in [2.75, 3.05) is 27.3 Å². The van der Waals surface area contributed by atoms with Crippen molar-refractivity contribution in [3.8, 4) is 45.3 Å². The Morgan fingerprint density at radius 1 is 0.764 bits per heavy atom. The molecule has 17 nitrogen and oxygen atoms in total. The number of H-pyrrole nitrogens is 2. The lowest BCUT2D eigenvalue weighted by Crippen LogP contribution is -2.51. The van der Waals surface area contributed by atoms with Crippen molar-refractivity contribution >= 4 is 34.9 Å². The number of carbonyl (C=O) groups excluding carboxylic acids is 4. The molecule has 0 bridgehead atoms. The lowest BCUT2D eigenvalue weighted by Gasteiger charge is -2.34. The van der Waals surface area contributed by atoms with Gasteiger partial charge in [-0.15, -0.1) is 0 Å². The van der Waals surface area contributed by atoms with Gasteiger partial charge in [0.05, 0.1) is 66.9 Å². The van der Waals surface area contributed by atoms with Crippen molar-refractivity contribution in [1.82, 2.24) is 44.9 Å². The van der Waals surface area contributed by atoms with Crippen LogP contribution in [0.1, 0.15) is 115 Å². The van der Waals surface area contributed by atoms with Crippen LogP contribution in [0.2, 0.25) is 0 Å². The number of hydrogen-bond donors (Lipinski definition) is 4. The molecule has 4 aliphatic heterocycles. The maximum atomic E-state index is 17.1. The van der Waals surface area contributed by atoms with E-state index in [-0.39, 0.29) is 41.3 Å². The van der Waals surface area contributed by atoms with E-state index in [1.807, 2.05) is 68.7 Å². The number of halogens is 1. The van der Waals surface area contributed by atoms with Gasteiger partial charge in [-0.1, -0.05) is 33.8 Å². The third-order valence-electron chi connectivity index (χ3n) is 14.7. The topological polar surface area (TPSA) is 198 Å². The second-order valence-corrected chi connectivity index (χ2v) is 20.7. The van der Waals surface area contributed by atoms with Gasteiger partial charge in [-0.3, -0.25) is 9.59 Å². The van der Waals surface area contributed by atoms with E-state index in [2.05, 4.69) is 46.6 Å². The number of nitrogens with one attached hydrogen (secondary N) is 4. The first-order chi connectivity index (χ1) is 34.5. The number of amides is 4. The number of carbonyl (C=O) groups is 4. The molecule has 378 valence electrons. The highest BCUT2D eigenvalue weighted by atomic mass is 19.1. The van der Waals surface area contributed by atoms with Gasteiger partial charge >= 0.3 is 12.2 Å².